The second-order valence-corrected chi connectivity index (χ2v) is 7.23. The second-order valence-electron chi connectivity index (χ2n) is 5.29. The fourth-order valence-corrected chi connectivity index (χ4v) is 3.66. The maximum Gasteiger partial charge on any atom is 0.243 e. The number of nitrogens with one attached hydrogen (secondary N) is 1. The van der Waals surface area contributed by atoms with Crippen molar-refractivity contribution >= 4 is 10.0 Å². The van der Waals surface area contributed by atoms with E-state index >= 15 is 0 Å². The molecule has 0 aliphatic heterocycles. The topological polar surface area (TPSA) is 58.6 Å². The first-order chi connectivity index (χ1) is 10.1. The van der Waals surface area contributed by atoms with E-state index in [0.717, 1.165) is 12.1 Å². The molecule has 0 radical (unpaired) electrons. The lowest BCUT2D eigenvalue weighted by atomic mass is 10.2. The van der Waals surface area contributed by atoms with E-state index in [9.17, 15) is 8.42 Å². The van der Waals surface area contributed by atoms with Crippen molar-refractivity contribution in [1.29, 1.82) is 0 Å². The largest absolute Gasteiger partial charge is 0.383 e. The highest BCUT2D eigenvalue weighted by Gasteiger charge is 2.23. The fraction of sp³-hybridized carbons (Fsp3) is 0.600. The standard InChI is InChI=1S/C15H24N2O3S/c1-3-17(9-10-20-2)21(18,19)15-6-4-5-13(11-15)12-16-14-7-8-14/h4-6,11,14,16H,3,7-10,12H2,1-2H3. The smallest absolute Gasteiger partial charge is 0.243 e. The molecule has 1 N–H and O–H groups in total. The molecule has 0 amide bonds. The van der Waals surface area contributed by atoms with Crippen LogP contribution in [0.5, 0.6) is 0 Å². The minimum absolute atomic E-state index is 0.357. The Bertz CT molecular complexity index is 556. The molecule has 0 spiro atoms. The summed E-state index contributed by atoms with van der Waals surface area (Å²) in [7, 11) is -1.87. The Balaban J connectivity index is 2.11. The molecular formula is C15H24N2O3S. The van der Waals surface area contributed by atoms with Crippen molar-refractivity contribution in [3.05, 3.63) is 29.8 Å². The Hall–Kier alpha value is -0.950. The van der Waals surface area contributed by atoms with Gasteiger partial charge in [-0.05, 0) is 30.5 Å². The summed E-state index contributed by atoms with van der Waals surface area (Å²) in [5.41, 5.74) is 1.01. The number of methoxy groups -OCH3 is 1. The quantitative estimate of drug-likeness (QED) is 0.752. The molecule has 0 atom stereocenters. The molecule has 0 bridgehead atoms. The normalized spacial score (nSPS) is 15.6. The maximum absolute atomic E-state index is 12.6. The van der Waals surface area contributed by atoms with Gasteiger partial charge in [0, 0.05) is 32.8 Å². The Labute approximate surface area is 127 Å². The maximum atomic E-state index is 12.6. The van der Waals surface area contributed by atoms with E-state index in [1.54, 1.807) is 25.3 Å². The van der Waals surface area contributed by atoms with Gasteiger partial charge in [-0.15, -0.1) is 0 Å². The van der Waals surface area contributed by atoms with E-state index in [4.69, 9.17) is 4.74 Å². The Morgan fingerprint density at radius 2 is 2.14 bits per heavy atom. The predicted molar refractivity (Wildman–Crippen MR) is 82.6 cm³/mol. The number of rotatable bonds is 9. The SMILES string of the molecule is CCN(CCOC)S(=O)(=O)c1cccc(CNC2CC2)c1. The van der Waals surface area contributed by atoms with Gasteiger partial charge < -0.3 is 10.1 Å². The van der Waals surface area contributed by atoms with Crippen LogP contribution in [0.1, 0.15) is 25.3 Å². The van der Waals surface area contributed by atoms with Gasteiger partial charge in [-0.2, -0.15) is 4.31 Å². The van der Waals surface area contributed by atoms with E-state index in [-0.39, 0.29) is 0 Å². The molecular weight excluding hydrogens is 288 g/mol. The van der Waals surface area contributed by atoms with E-state index < -0.39 is 10.0 Å². The number of benzene rings is 1. The minimum atomic E-state index is -3.44. The number of nitrogens with zero attached hydrogens (tertiary/aromatic N) is 1. The molecule has 0 aromatic heterocycles. The highest BCUT2D eigenvalue weighted by molar-refractivity contribution is 7.89. The molecule has 0 saturated heterocycles. The van der Waals surface area contributed by atoms with Crippen LogP contribution in [0.4, 0.5) is 0 Å². The fourth-order valence-electron chi connectivity index (χ4n) is 2.16. The van der Waals surface area contributed by atoms with Gasteiger partial charge in [0.25, 0.3) is 0 Å². The van der Waals surface area contributed by atoms with Gasteiger partial charge >= 0.3 is 0 Å². The molecule has 0 unspecified atom stereocenters. The Morgan fingerprint density at radius 3 is 2.76 bits per heavy atom. The summed E-state index contributed by atoms with van der Waals surface area (Å²) < 4.78 is 31.7. The first-order valence-corrected chi connectivity index (χ1v) is 8.83. The average molecular weight is 312 g/mol. The zero-order chi connectivity index (χ0) is 15.3. The van der Waals surface area contributed by atoms with Gasteiger partial charge in [-0.25, -0.2) is 8.42 Å². The van der Waals surface area contributed by atoms with Crippen molar-refractivity contribution in [3.8, 4) is 0 Å². The second kappa shape index (κ2) is 7.35. The van der Waals surface area contributed by atoms with Crippen LogP contribution in [0.3, 0.4) is 0 Å². The third-order valence-corrected chi connectivity index (χ3v) is 5.58. The highest BCUT2D eigenvalue weighted by Crippen LogP contribution is 2.21. The van der Waals surface area contributed by atoms with Gasteiger partial charge in [-0.1, -0.05) is 19.1 Å². The summed E-state index contributed by atoms with van der Waals surface area (Å²) in [6.07, 6.45) is 2.44. The molecule has 118 valence electrons. The van der Waals surface area contributed by atoms with Gasteiger partial charge in [-0.3, -0.25) is 0 Å². The molecule has 21 heavy (non-hydrogen) atoms. The predicted octanol–water partition coefficient (Wildman–Crippen LogP) is 1.60. The van der Waals surface area contributed by atoms with Gasteiger partial charge in [0.15, 0.2) is 0 Å². The molecule has 2 rings (SSSR count). The van der Waals surface area contributed by atoms with Crippen molar-refractivity contribution in [3.63, 3.8) is 0 Å². The van der Waals surface area contributed by atoms with Gasteiger partial charge in [0.1, 0.15) is 0 Å². The van der Waals surface area contributed by atoms with Crippen LogP contribution in [0.15, 0.2) is 29.2 Å². The summed E-state index contributed by atoms with van der Waals surface area (Å²) >= 11 is 0. The van der Waals surface area contributed by atoms with Crippen LogP contribution < -0.4 is 5.32 Å². The molecule has 1 fully saturated rings. The van der Waals surface area contributed by atoms with Crippen molar-refractivity contribution in [2.24, 2.45) is 0 Å². The van der Waals surface area contributed by atoms with Crippen molar-refractivity contribution in [2.75, 3.05) is 26.8 Å². The molecule has 5 nitrogen and oxygen atoms in total. The van der Waals surface area contributed by atoms with Crippen LogP contribution in [-0.4, -0.2) is 45.6 Å². The molecule has 1 saturated carbocycles. The summed E-state index contributed by atoms with van der Waals surface area (Å²) in [5.74, 6) is 0. The van der Waals surface area contributed by atoms with E-state index in [1.165, 1.54) is 17.1 Å². The molecule has 1 aliphatic rings. The van der Waals surface area contributed by atoms with Crippen LogP contribution in [-0.2, 0) is 21.3 Å². The van der Waals surface area contributed by atoms with Gasteiger partial charge in [0.05, 0.1) is 11.5 Å². The number of likely N-dealkylation sites (N-methyl/N-ethyl adjacent to an activating group) is 1. The lowest BCUT2D eigenvalue weighted by Crippen LogP contribution is -2.33. The van der Waals surface area contributed by atoms with E-state index in [1.807, 2.05) is 13.0 Å². The molecule has 1 aromatic rings. The monoisotopic (exact) mass is 312 g/mol. The first kappa shape index (κ1) is 16.4. The zero-order valence-corrected chi connectivity index (χ0v) is 13.5. The molecule has 1 aromatic carbocycles. The molecule has 1 aliphatic carbocycles. The third kappa shape index (κ3) is 4.51. The van der Waals surface area contributed by atoms with Crippen molar-refractivity contribution in [2.45, 2.75) is 37.2 Å². The van der Waals surface area contributed by atoms with E-state index in [0.29, 0.717) is 30.6 Å². The summed E-state index contributed by atoms with van der Waals surface area (Å²) in [6.45, 7) is 3.77. The number of ether oxygens (including phenoxy) is 1. The van der Waals surface area contributed by atoms with Crippen molar-refractivity contribution < 1.29 is 13.2 Å². The number of hydrogen-bond donors (Lipinski definition) is 1. The zero-order valence-electron chi connectivity index (χ0n) is 12.7. The molecule has 6 heteroatoms. The molecule has 0 heterocycles. The van der Waals surface area contributed by atoms with Gasteiger partial charge in [0.2, 0.25) is 10.0 Å². The number of sulfonamides is 1. The van der Waals surface area contributed by atoms with Crippen LogP contribution in [0.25, 0.3) is 0 Å². The highest BCUT2D eigenvalue weighted by atomic mass is 32.2. The van der Waals surface area contributed by atoms with Crippen molar-refractivity contribution in [1.82, 2.24) is 9.62 Å². The van der Waals surface area contributed by atoms with E-state index in [2.05, 4.69) is 5.32 Å². The Kier molecular flexibility index (Phi) is 5.75. The first-order valence-electron chi connectivity index (χ1n) is 7.39. The third-order valence-electron chi connectivity index (χ3n) is 3.61. The minimum Gasteiger partial charge on any atom is -0.383 e. The summed E-state index contributed by atoms with van der Waals surface area (Å²) in [4.78, 5) is 0.357. The number of hydrogen-bond acceptors (Lipinski definition) is 4. The summed E-state index contributed by atoms with van der Waals surface area (Å²) in [5, 5.41) is 3.40. The average Bonchev–Trinajstić information content (AvgIpc) is 3.30. The summed E-state index contributed by atoms with van der Waals surface area (Å²) in [6, 6.07) is 7.80. The van der Waals surface area contributed by atoms with Crippen LogP contribution in [0.2, 0.25) is 0 Å². The van der Waals surface area contributed by atoms with Crippen LogP contribution in [0, 0.1) is 0 Å². The lowest BCUT2D eigenvalue weighted by Gasteiger charge is -2.20. The lowest BCUT2D eigenvalue weighted by molar-refractivity contribution is 0.180. The Morgan fingerprint density at radius 1 is 1.38 bits per heavy atom. The van der Waals surface area contributed by atoms with Crippen LogP contribution >= 0.6 is 0 Å².